The van der Waals surface area contributed by atoms with Gasteiger partial charge in [-0.25, -0.2) is 17.6 Å². The maximum absolute atomic E-state index is 12.7. The van der Waals surface area contributed by atoms with Crippen LogP contribution in [0.2, 0.25) is 5.02 Å². The molecule has 2 atom stereocenters. The first-order valence-corrected chi connectivity index (χ1v) is 12.1. The van der Waals surface area contributed by atoms with Gasteiger partial charge in [0.2, 0.25) is 0 Å². The van der Waals surface area contributed by atoms with Crippen molar-refractivity contribution in [2.24, 2.45) is 0 Å². The van der Waals surface area contributed by atoms with Gasteiger partial charge < -0.3 is 9.84 Å². The molecule has 4 N–H and O–H groups in total. The molecule has 2 aromatic carbocycles. The standard InChI is InChI=1S/C18H20ClN5O6S2/c1-23(10-14(25)11-30-17-5-3-2-4-12(17)8-20)24-9-13-6-15(19)16(21-31(26)27)7-18(13)32(28,29)22-24/h2-7,14,21-22,25H,9-11H2,1H3,(H,26,27). The fourth-order valence-electron chi connectivity index (χ4n) is 3.04. The third kappa shape index (κ3) is 5.74. The van der Waals surface area contributed by atoms with E-state index in [0.29, 0.717) is 16.9 Å². The van der Waals surface area contributed by atoms with Crippen LogP contribution in [-0.4, -0.2) is 58.7 Å². The van der Waals surface area contributed by atoms with Crippen molar-refractivity contribution < 1.29 is 27.0 Å². The molecule has 0 amide bonds. The van der Waals surface area contributed by atoms with Gasteiger partial charge in [0.1, 0.15) is 24.5 Å². The Kier molecular flexibility index (Phi) is 7.70. The van der Waals surface area contributed by atoms with Gasteiger partial charge in [-0.1, -0.05) is 23.7 Å². The first-order valence-electron chi connectivity index (χ1n) is 9.11. The number of sulfonamides is 1. The molecule has 0 bridgehead atoms. The number of likely N-dealkylation sites (N-methyl/N-ethyl adjacent to an activating group) is 1. The predicted octanol–water partition coefficient (Wildman–Crippen LogP) is 1.06. The Morgan fingerprint density at radius 1 is 1.44 bits per heavy atom. The highest BCUT2D eigenvalue weighted by molar-refractivity contribution is 7.89. The Labute approximate surface area is 192 Å². The van der Waals surface area contributed by atoms with E-state index in [1.54, 1.807) is 31.3 Å². The number of benzene rings is 2. The molecule has 1 aliphatic heterocycles. The summed E-state index contributed by atoms with van der Waals surface area (Å²) in [5.41, 5.74) is 0.705. The number of anilines is 1. The van der Waals surface area contributed by atoms with Gasteiger partial charge in [0.15, 0.2) is 0 Å². The molecule has 32 heavy (non-hydrogen) atoms. The maximum Gasteiger partial charge on any atom is 0.259 e. The summed E-state index contributed by atoms with van der Waals surface area (Å²) in [6.45, 7) is 0.000920. The fourth-order valence-corrected chi connectivity index (χ4v) is 5.01. The molecule has 0 saturated heterocycles. The van der Waals surface area contributed by atoms with Crippen molar-refractivity contribution in [2.45, 2.75) is 17.5 Å². The second-order valence-electron chi connectivity index (χ2n) is 6.86. The SMILES string of the molecule is CN(CC(O)COc1ccccc1C#N)N1Cc2cc(Cl)c(NS(=O)O)cc2S(=O)(=O)N1. The normalized spacial score (nSPS) is 17.2. The van der Waals surface area contributed by atoms with E-state index in [1.807, 2.05) is 6.07 Å². The average Bonchev–Trinajstić information content (AvgIpc) is 2.72. The van der Waals surface area contributed by atoms with Crippen molar-refractivity contribution in [2.75, 3.05) is 24.9 Å². The van der Waals surface area contributed by atoms with E-state index >= 15 is 0 Å². The minimum atomic E-state index is -4.01. The van der Waals surface area contributed by atoms with Gasteiger partial charge in [-0.3, -0.25) is 9.27 Å². The third-order valence-corrected chi connectivity index (χ3v) is 6.63. The predicted molar refractivity (Wildman–Crippen MR) is 117 cm³/mol. The number of hydrazine groups is 2. The van der Waals surface area contributed by atoms with E-state index < -0.39 is 27.4 Å². The van der Waals surface area contributed by atoms with Gasteiger partial charge >= 0.3 is 0 Å². The smallest absolute Gasteiger partial charge is 0.259 e. The van der Waals surface area contributed by atoms with Crippen LogP contribution in [0.1, 0.15) is 11.1 Å². The summed E-state index contributed by atoms with van der Waals surface area (Å²) < 4.78 is 53.0. The highest BCUT2D eigenvalue weighted by Crippen LogP contribution is 2.32. The molecule has 2 aromatic rings. The molecule has 0 saturated carbocycles. The molecule has 0 aromatic heterocycles. The monoisotopic (exact) mass is 501 g/mol. The van der Waals surface area contributed by atoms with Crippen molar-refractivity contribution in [3.8, 4) is 11.8 Å². The summed E-state index contributed by atoms with van der Waals surface area (Å²) in [4.78, 5) is 2.29. The molecule has 0 spiro atoms. The van der Waals surface area contributed by atoms with Gasteiger partial charge in [-0.05, 0) is 29.8 Å². The summed E-state index contributed by atoms with van der Waals surface area (Å²) in [7, 11) is -2.43. The largest absolute Gasteiger partial charge is 0.489 e. The highest BCUT2D eigenvalue weighted by Gasteiger charge is 2.32. The first kappa shape index (κ1) is 24.4. The van der Waals surface area contributed by atoms with Crippen molar-refractivity contribution in [3.05, 3.63) is 52.5 Å². The molecule has 11 nitrogen and oxygen atoms in total. The van der Waals surface area contributed by atoms with Gasteiger partial charge in [0, 0.05) is 13.6 Å². The van der Waals surface area contributed by atoms with Crippen molar-refractivity contribution >= 4 is 38.6 Å². The van der Waals surface area contributed by atoms with E-state index in [-0.39, 0.29) is 35.3 Å². The number of ether oxygens (including phenoxy) is 1. The molecular weight excluding hydrogens is 482 g/mol. The van der Waals surface area contributed by atoms with E-state index in [2.05, 4.69) is 9.55 Å². The summed E-state index contributed by atoms with van der Waals surface area (Å²) in [6, 6.07) is 11.2. The zero-order valence-corrected chi connectivity index (χ0v) is 19.1. The van der Waals surface area contributed by atoms with Crippen LogP contribution in [0.15, 0.2) is 41.3 Å². The highest BCUT2D eigenvalue weighted by atomic mass is 35.5. The molecule has 0 fully saturated rings. The van der Waals surface area contributed by atoms with Crippen LogP contribution in [0.3, 0.4) is 0 Å². The lowest BCUT2D eigenvalue weighted by molar-refractivity contribution is -0.0669. The molecule has 0 aliphatic carbocycles. The number of hydrogen-bond acceptors (Lipinski definition) is 8. The Balaban J connectivity index is 1.68. The lowest BCUT2D eigenvalue weighted by atomic mass is 10.2. The summed E-state index contributed by atoms with van der Waals surface area (Å²) >= 11 is 3.68. The quantitative estimate of drug-likeness (QED) is 0.388. The van der Waals surface area contributed by atoms with Crippen molar-refractivity contribution in [1.82, 2.24) is 15.0 Å². The molecule has 0 radical (unpaired) electrons. The number of nitrogens with zero attached hydrogens (tertiary/aromatic N) is 3. The number of rotatable bonds is 8. The third-order valence-electron chi connectivity index (χ3n) is 4.51. The Morgan fingerprint density at radius 3 is 2.84 bits per heavy atom. The Morgan fingerprint density at radius 2 is 2.16 bits per heavy atom. The number of aliphatic hydroxyl groups is 1. The van der Waals surface area contributed by atoms with Crippen molar-refractivity contribution in [1.29, 1.82) is 5.26 Å². The second kappa shape index (κ2) is 10.1. The Hall–Kier alpha value is -2.28. The molecule has 1 aliphatic rings. The van der Waals surface area contributed by atoms with Gasteiger partial charge in [-0.15, -0.1) is 4.83 Å². The van der Waals surface area contributed by atoms with Crippen LogP contribution >= 0.6 is 11.6 Å². The number of aliphatic hydroxyl groups excluding tert-OH is 1. The Bertz CT molecular complexity index is 1170. The number of fused-ring (bicyclic) bond motifs is 1. The van der Waals surface area contributed by atoms with Crippen LogP contribution in [0.25, 0.3) is 0 Å². The van der Waals surface area contributed by atoms with Gasteiger partial charge in [0.05, 0.1) is 27.7 Å². The second-order valence-corrected chi connectivity index (χ2v) is 9.60. The molecular formula is C18H20ClN5O6S2. The maximum atomic E-state index is 12.7. The molecule has 2 unspecified atom stereocenters. The minimum Gasteiger partial charge on any atom is -0.489 e. The van der Waals surface area contributed by atoms with Crippen molar-refractivity contribution in [3.63, 3.8) is 0 Å². The summed E-state index contributed by atoms with van der Waals surface area (Å²) in [6.07, 6.45) is -0.993. The van der Waals surface area contributed by atoms with Gasteiger partial charge in [-0.2, -0.15) is 10.4 Å². The number of nitrogens with one attached hydrogen (secondary N) is 2. The zero-order chi connectivity index (χ0) is 23.5. The number of nitriles is 1. The fraction of sp³-hybridized carbons (Fsp3) is 0.278. The number of hydrogen-bond donors (Lipinski definition) is 4. The zero-order valence-electron chi connectivity index (χ0n) is 16.7. The minimum absolute atomic E-state index is 0.00338. The van der Waals surface area contributed by atoms with Crippen LogP contribution in [-0.2, 0) is 27.8 Å². The molecule has 172 valence electrons. The van der Waals surface area contributed by atoms with E-state index in [1.165, 1.54) is 22.3 Å². The van der Waals surface area contributed by atoms with Crippen LogP contribution in [0, 0.1) is 11.3 Å². The topological polar surface area (TPSA) is 155 Å². The first-order chi connectivity index (χ1) is 15.1. The van der Waals surface area contributed by atoms with E-state index in [4.69, 9.17) is 26.2 Å². The van der Waals surface area contributed by atoms with E-state index in [9.17, 15) is 17.7 Å². The van der Waals surface area contributed by atoms with Crippen LogP contribution < -0.4 is 14.3 Å². The number of para-hydroxylation sites is 1. The lowest BCUT2D eigenvalue weighted by Crippen LogP contribution is -2.55. The average molecular weight is 502 g/mol. The van der Waals surface area contributed by atoms with Crippen LogP contribution in [0.4, 0.5) is 5.69 Å². The lowest BCUT2D eigenvalue weighted by Gasteiger charge is -2.36. The van der Waals surface area contributed by atoms with Gasteiger partial charge in [0.25, 0.3) is 21.3 Å². The van der Waals surface area contributed by atoms with E-state index in [0.717, 1.165) is 0 Å². The molecule has 1 heterocycles. The molecule has 3 rings (SSSR count). The molecule has 14 heteroatoms. The van der Waals surface area contributed by atoms with Crippen LogP contribution in [0.5, 0.6) is 5.75 Å². The number of halogens is 1. The summed E-state index contributed by atoms with van der Waals surface area (Å²) in [5, 5.41) is 22.3. The summed E-state index contributed by atoms with van der Waals surface area (Å²) in [5.74, 6) is 0.340.